The van der Waals surface area contributed by atoms with Crippen LogP contribution in [0.2, 0.25) is 0 Å². The molecule has 0 aliphatic carbocycles. The summed E-state index contributed by atoms with van der Waals surface area (Å²) >= 11 is 0. The van der Waals surface area contributed by atoms with E-state index in [0.717, 1.165) is 44.4 Å². The Balaban J connectivity index is 1.45. The van der Waals surface area contributed by atoms with Crippen molar-refractivity contribution in [3.8, 4) is 5.75 Å². The molecule has 0 fully saturated rings. The van der Waals surface area contributed by atoms with E-state index in [1.54, 1.807) is 18.2 Å². The van der Waals surface area contributed by atoms with E-state index in [1.807, 2.05) is 0 Å². The molecule has 0 aliphatic heterocycles. The molecule has 206 valence electrons. The van der Waals surface area contributed by atoms with Crippen molar-refractivity contribution < 1.29 is 42.4 Å². The average molecular weight is 528 g/mol. The van der Waals surface area contributed by atoms with Gasteiger partial charge in [0.1, 0.15) is 5.75 Å². The molecular weight excluding hydrogens is 491 g/mol. The lowest BCUT2D eigenvalue weighted by atomic mass is 10.1. The second kappa shape index (κ2) is 16.4. The van der Waals surface area contributed by atoms with Gasteiger partial charge in [0.25, 0.3) is 0 Å². The molecule has 7 nitrogen and oxygen atoms in total. The summed E-state index contributed by atoms with van der Waals surface area (Å²) in [6.07, 6.45) is -1.18. The van der Waals surface area contributed by atoms with Gasteiger partial charge in [0.2, 0.25) is 0 Å². The number of aliphatic hydroxyl groups excluding tert-OH is 2. The Hall–Kier alpha value is -2.50. The molecule has 2 rings (SSSR count). The lowest BCUT2D eigenvalue weighted by molar-refractivity contribution is -0.137. The Labute approximate surface area is 215 Å². The summed E-state index contributed by atoms with van der Waals surface area (Å²) in [7, 11) is 0. The molecule has 0 spiro atoms. The Morgan fingerprint density at radius 3 is 2.35 bits per heavy atom. The molecule has 0 aliphatic rings. The van der Waals surface area contributed by atoms with Crippen molar-refractivity contribution in [1.82, 2.24) is 5.32 Å². The second-order valence-electron chi connectivity index (χ2n) is 8.61. The van der Waals surface area contributed by atoms with Crippen LogP contribution in [-0.2, 0) is 33.7 Å². The predicted octanol–water partition coefficient (Wildman–Crippen LogP) is 4.54. The lowest BCUT2D eigenvalue weighted by Crippen LogP contribution is -2.22. The summed E-state index contributed by atoms with van der Waals surface area (Å²) < 4.78 is 53.6. The molecule has 0 radical (unpaired) electrons. The molecule has 1 atom stereocenters. The third-order valence-corrected chi connectivity index (χ3v) is 5.55. The minimum absolute atomic E-state index is 0.241. The first-order valence-corrected chi connectivity index (χ1v) is 12.3. The van der Waals surface area contributed by atoms with Gasteiger partial charge in [-0.1, -0.05) is 31.0 Å². The van der Waals surface area contributed by atoms with Gasteiger partial charge in [-0.15, -0.1) is 0 Å². The maximum atomic E-state index is 12.5. The Bertz CT molecular complexity index is 937. The molecule has 0 amide bonds. The molecular formula is C27H36F3NO6. The molecule has 0 saturated carbocycles. The number of hydrogen-bond acceptors (Lipinski definition) is 7. The predicted molar refractivity (Wildman–Crippen MR) is 132 cm³/mol. The van der Waals surface area contributed by atoms with E-state index < -0.39 is 23.8 Å². The number of unbranched alkanes of at least 4 members (excludes halogenated alkanes) is 3. The number of carbonyl (C=O) groups excluding carboxylic acids is 1. The van der Waals surface area contributed by atoms with Crippen molar-refractivity contribution in [2.24, 2.45) is 0 Å². The fraction of sp³-hybridized carbons (Fsp3) is 0.519. The van der Waals surface area contributed by atoms with Crippen LogP contribution < -0.4 is 10.1 Å². The van der Waals surface area contributed by atoms with Crippen LogP contribution >= 0.6 is 0 Å². The van der Waals surface area contributed by atoms with Gasteiger partial charge in [0.15, 0.2) is 0 Å². The zero-order chi connectivity index (χ0) is 27.1. The maximum Gasteiger partial charge on any atom is 0.416 e. The zero-order valence-corrected chi connectivity index (χ0v) is 21.1. The number of esters is 1. The topological polar surface area (TPSA) is 97.3 Å². The largest absolute Gasteiger partial charge is 0.426 e. The number of aliphatic hydroxyl groups is 2. The van der Waals surface area contributed by atoms with Crippen molar-refractivity contribution in [3.63, 3.8) is 0 Å². The standard InChI is InChI=1S/C27H36F3NO6/c1-20(33)37-26-11-8-22(16-23(26)18-32)25(34)17-31-12-4-2-3-5-13-35-14-15-36-19-21-6-9-24(10-7-21)27(28,29)30/h6-11,16,25,31-32,34H,2-5,12-15,17-19H2,1H3/t25-/m0/s1. The van der Waals surface area contributed by atoms with Gasteiger partial charge in [0.05, 0.1) is 38.1 Å². The van der Waals surface area contributed by atoms with Gasteiger partial charge < -0.3 is 29.7 Å². The zero-order valence-electron chi connectivity index (χ0n) is 21.1. The van der Waals surface area contributed by atoms with Gasteiger partial charge in [-0.3, -0.25) is 4.79 Å². The van der Waals surface area contributed by atoms with Crippen LogP contribution in [0.1, 0.15) is 61.0 Å². The highest BCUT2D eigenvalue weighted by Crippen LogP contribution is 2.29. The molecule has 3 N–H and O–H groups in total. The number of ether oxygens (including phenoxy) is 3. The number of alkyl halides is 3. The first-order valence-electron chi connectivity index (χ1n) is 12.3. The van der Waals surface area contributed by atoms with E-state index in [2.05, 4.69) is 5.32 Å². The smallest absolute Gasteiger partial charge is 0.416 e. The van der Waals surface area contributed by atoms with Crippen LogP contribution in [0.25, 0.3) is 0 Å². The fourth-order valence-corrected chi connectivity index (χ4v) is 3.55. The van der Waals surface area contributed by atoms with E-state index in [9.17, 15) is 28.2 Å². The number of halogens is 3. The van der Waals surface area contributed by atoms with Gasteiger partial charge in [-0.05, 0) is 54.8 Å². The van der Waals surface area contributed by atoms with Crippen molar-refractivity contribution in [2.75, 3.05) is 32.9 Å². The molecule has 0 saturated heterocycles. The average Bonchev–Trinajstić information content (AvgIpc) is 2.86. The van der Waals surface area contributed by atoms with Crippen LogP contribution in [0.5, 0.6) is 5.75 Å². The monoisotopic (exact) mass is 527 g/mol. The number of hydrogen-bond donors (Lipinski definition) is 3. The number of carbonyl (C=O) groups is 1. The molecule has 10 heteroatoms. The Kier molecular flexibility index (Phi) is 13.6. The van der Waals surface area contributed by atoms with Crippen LogP contribution in [0.3, 0.4) is 0 Å². The molecule has 0 aromatic heterocycles. The Morgan fingerprint density at radius 2 is 1.68 bits per heavy atom. The van der Waals surface area contributed by atoms with Gasteiger partial charge in [-0.2, -0.15) is 13.2 Å². The third kappa shape index (κ3) is 12.1. The van der Waals surface area contributed by atoms with Crippen LogP contribution in [0, 0.1) is 0 Å². The highest BCUT2D eigenvalue weighted by atomic mass is 19.4. The molecule has 2 aromatic rings. The summed E-state index contributed by atoms with van der Waals surface area (Å²) in [5.74, 6) is -0.186. The van der Waals surface area contributed by atoms with E-state index in [-0.39, 0.29) is 19.0 Å². The van der Waals surface area contributed by atoms with E-state index >= 15 is 0 Å². The minimum Gasteiger partial charge on any atom is -0.426 e. The summed E-state index contributed by atoms with van der Waals surface area (Å²) in [6, 6.07) is 9.79. The number of benzene rings is 2. The van der Waals surface area contributed by atoms with E-state index in [0.29, 0.717) is 43.1 Å². The maximum absolute atomic E-state index is 12.5. The van der Waals surface area contributed by atoms with Crippen molar-refractivity contribution >= 4 is 5.97 Å². The van der Waals surface area contributed by atoms with Crippen molar-refractivity contribution in [1.29, 1.82) is 0 Å². The van der Waals surface area contributed by atoms with Crippen LogP contribution in [0.15, 0.2) is 42.5 Å². The lowest BCUT2D eigenvalue weighted by Gasteiger charge is -2.15. The van der Waals surface area contributed by atoms with E-state index in [1.165, 1.54) is 19.1 Å². The van der Waals surface area contributed by atoms with Gasteiger partial charge >= 0.3 is 12.1 Å². The molecule has 0 unspecified atom stereocenters. The van der Waals surface area contributed by atoms with Crippen LogP contribution in [-0.4, -0.2) is 49.1 Å². The van der Waals surface area contributed by atoms with E-state index in [4.69, 9.17) is 14.2 Å². The summed E-state index contributed by atoms with van der Waals surface area (Å²) in [5, 5.41) is 23.0. The third-order valence-electron chi connectivity index (χ3n) is 5.55. The van der Waals surface area contributed by atoms with Gasteiger partial charge in [-0.25, -0.2) is 0 Å². The second-order valence-corrected chi connectivity index (χ2v) is 8.61. The molecule has 0 heterocycles. The fourth-order valence-electron chi connectivity index (χ4n) is 3.55. The molecule has 37 heavy (non-hydrogen) atoms. The quantitative estimate of drug-likeness (QED) is 0.158. The summed E-state index contributed by atoms with van der Waals surface area (Å²) in [4.78, 5) is 11.1. The summed E-state index contributed by atoms with van der Waals surface area (Å²) in [6.45, 7) is 3.78. The summed E-state index contributed by atoms with van der Waals surface area (Å²) in [5.41, 5.74) is 1.09. The number of rotatable bonds is 17. The minimum atomic E-state index is -4.33. The SMILES string of the molecule is CC(=O)Oc1ccc([C@@H](O)CNCCCCCCOCCOCc2ccc(C(F)(F)F)cc2)cc1CO. The normalized spacial score (nSPS) is 12.5. The highest BCUT2D eigenvalue weighted by Gasteiger charge is 2.29. The van der Waals surface area contributed by atoms with Crippen molar-refractivity contribution in [2.45, 2.75) is 58.1 Å². The molecule has 0 bridgehead atoms. The van der Waals surface area contributed by atoms with Gasteiger partial charge in [0, 0.05) is 25.6 Å². The number of nitrogens with one attached hydrogen (secondary N) is 1. The Morgan fingerprint density at radius 1 is 0.973 bits per heavy atom. The first-order chi connectivity index (χ1) is 17.7. The van der Waals surface area contributed by atoms with Crippen LogP contribution in [0.4, 0.5) is 13.2 Å². The molecule has 2 aromatic carbocycles. The first kappa shape index (κ1) is 30.7. The highest BCUT2D eigenvalue weighted by molar-refractivity contribution is 5.69. The van der Waals surface area contributed by atoms with Crippen molar-refractivity contribution in [3.05, 3.63) is 64.7 Å².